The Morgan fingerprint density at radius 3 is 2.71 bits per heavy atom. The Morgan fingerprint density at radius 1 is 1.14 bits per heavy atom. The van der Waals surface area contributed by atoms with E-state index in [0.29, 0.717) is 13.1 Å². The van der Waals surface area contributed by atoms with Gasteiger partial charge in [-0.2, -0.15) is 0 Å². The number of rotatable bonds is 5. The van der Waals surface area contributed by atoms with Gasteiger partial charge < -0.3 is 15.1 Å². The van der Waals surface area contributed by atoms with Crippen molar-refractivity contribution in [1.82, 2.24) is 25.2 Å². The van der Waals surface area contributed by atoms with Crippen molar-refractivity contribution < 1.29 is 9.59 Å². The third kappa shape index (κ3) is 4.27. The summed E-state index contributed by atoms with van der Waals surface area (Å²) < 4.78 is 0. The lowest BCUT2D eigenvalue weighted by atomic mass is 10.0. The highest BCUT2D eigenvalue weighted by molar-refractivity contribution is 5.89. The molecule has 0 spiro atoms. The van der Waals surface area contributed by atoms with E-state index in [0.717, 1.165) is 37.4 Å². The number of hydrogen-bond donors (Lipinski definition) is 1. The van der Waals surface area contributed by atoms with Crippen LogP contribution in [0.15, 0.2) is 43.0 Å². The quantitative estimate of drug-likeness (QED) is 0.832. The molecule has 0 aliphatic carbocycles. The molecule has 0 unspecified atom stereocenters. The number of amides is 2. The van der Waals surface area contributed by atoms with Gasteiger partial charge in [-0.25, -0.2) is 4.98 Å². The molecule has 2 aromatic heterocycles. The Balaban J connectivity index is 1.26. The molecule has 2 aliphatic heterocycles. The summed E-state index contributed by atoms with van der Waals surface area (Å²) in [4.78, 5) is 41.6. The molecule has 1 N–H and O–H groups in total. The Labute approximate surface area is 164 Å². The van der Waals surface area contributed by atoms with Gasteiger partial charge in [0.1, 0.15) is 5.82 Å². The number of anilines is 1. The number of likely N-dealkylation sites (tertiary alicyclic amines) is 1. The van der Waals surface area contributed by atoms with E-state index in [-0.39, 0.29) is 30.2 Å². The molecule has 2 saturated heterocycles. The van der Waals surface area contributed by atoms with Crippen LogP contribution in [0.1, 0.15) is 25.0 Å². The Hall–Kier alpha value is -3.03. The van der Waals surface area contributed by atoms with E-state index in [1.165, 1.54) is 0 Å². The lowest BCUT2D eigenvalue weighted by Gasteiger charge is -2.33. The lowest BCUT2D eigenvalue weighted by Crippen LogP contribution is -2.47. The minimum absolute atomic E-state index is 0.0169. The zero-order chi connectivity index (χ0) is 19.3. The van der Waals surface area contributed by atoms with Crippen LogP contribution >= 0.6 is 0 Å². The van der Waals surface area contributed by atoms with Crippen molar-refractivity contribution in [2.45, 2.75) is 31.8 Å². The van der Waals surface area contributed by atoms with Gasteiger partial charge in [-0.3, -0.25) is 19.6 Å². The molecule has 1 atom stereocenters. The molecule has 0 saturated carbocycles. The van der Waals surface area contributed by atoms with Crippen LogP contribution in [0.25, 0.3) is 0 Å². The van der Waals surface area contributed by atoms with Crippen molar-refractivity contribution in [2.75, 3.05) is 24.5 Å². The van der Waals surface area contributed by atoms with Crippen molar-refractivity contribution in [3.05, 3.63) is 48.7 Å². The SMILES string of the molecule is O=C(NC1CCN(c2cnccn2)CC1)[C@H]1CC(=O)N(Cc2ccccn2)C1. The predicted molar refractivity (Wildman–Crippen MR) is 103 cm³/mol. The standard InChI is InChI=1S/C20H24N6O2/c27-19-11-15(13-26(19)14-17-3-1-2-6-22-17)20(28)24-16-4-9-25(10-5-16)18-12-21-7-8-23-18/h1-3,6-8,12,15-16H,4-5,9-11,13-14H2,(H,24,28)/t15-/m0/s1. The number of nitrogens with zero attached hydrogens (tertiary/aromatic N) is 5. The molecule has 2 aromatic rings. The van der Waals surface area contributed by atoms with Gasteiger partial charge in [0, 0.05) is 50.7 Å². The van der Waals surface area contributed by atoms with Gasteiger partial charge in [-0.15, -0.1) is 0 Å². The van der Waals surface area contributed by atoms with Crippen molar-refractivity contribution in [3.63, 3.8) is 0 Å². The Bertz CT molecular complexity index is 808. The molecule has 8 nitrogen and oxygen atoms in total. The van der Waals surface area contributed by atoms with E-state index in [1.54, 1.807) is 29.7 Å². The van der Waals surface area contributed by atoms with Gasteiger partial charge in [0.05, 0.1) is 24.4 Å². The van der Waals surface area contributed by atoms with Crippen molar-refractivity contribution in [3.8, 4) is 0 Å². The first-order chi connectivity index (χ1) is 13.7. The fourth-order valence-corrected chi connectivity index (χ4v) is 3.81. The highest BCUT2D eigenvalue weighted by Crippen LogP contribution is 2.21. The van der Waals surface area contributed by atoms with Crippen LogP contribution in [0.2, 0.25) is 0 Å². The molecule has 2 fully saturated rings. The maximum Gasteiger partial charge on any atom is 0.225 e. The zero-order valence-corrected chi connectivity index (χ0v) is 15.7. The number of carbonyl (C=O) groups is 2. The monoisotopic (exact) mass is 380 g/mol. The number of nitrogens with one attached hydrogen (secondary N) is 1. The van der Waals surface area contributed by atoms with E-state index in [1.807, 2.05) is 18.2 Å². The molecule has 146 valence electrons. The van der Waals surface area contributed by atoms with E-state index in [4.69, 9.17) is 0 Å². The molecule has 0 radical (unpaired) electrons. The van der Waals surface area contributed by atoms with Crippen LogP contribution in [-0.2, 0) is 16.1 Å². The maximum absolute atomic E-state index is 12.7. The first kappa shape index (κ1) is 18.3. The summed E-state index contributed by atoms with van der Waals surface area (Å²) in [5.74, 6) is 0.589. The van der Waals surface area contributed by atoms with E-state index < -0.39 is 0 Å². The van der Waals surface area contributed by atoms with Crippen LogP contribution in [-0.4, -0.2) is 57.3 Å². The molecular formula is C20H24N6O2. The summed E-state index contributed by atoms with van der Waals surface area (Å²) >= 11 is 0. The van der Waals surface area contributed by atoms with Crippen LogP contribution in [0.4, 0.5) is 5.82 Å². The summed E-state index contributed by atoms with van der Waals surface area (Å²) in [6.07, 6.45) is 8.83. The summed E-state index contributed by atoms with van der Waals surface area (Å²) in [7, 11) is 0. The Morgan fingerprint density at radius 2 is 2.00 bits per heavy atom. The summed E-state index contributed by atoms with van der Waals surface area (Å²) in [6, 6.07) is 5.79. The minimum atomic E-state index is -0.283. The van der Waals surface area contributed by atoms with Crippen LogP contribution in [0.5, 0.6) is 0 Å². The molecular weight excluding hydrogens is 356 g/mol. The molecule has 2 aliphatic rings. The van der Waals surface area contributed by atoms with Gasteiger partial charge in [-0.05, 0) is 25.0 Å². The molecule has 8 heteroatoms. The van der Waals surface area contributed by atoms with Crippen molar-refractivity contribution in [2.24, 2.45) is 5.92 Å². The number of aromatic nitrogens is 3. The van der Waals surface area contributed by atoms with Crippen molar-refractivity contribution in [1.29, 1.82) is 0 Å². The first-order valence-electron chi connectivity index (χ1n) is 9.68. The number of piperidine rings is 1. The molecule has 4 heterocycles. The largest absolute Gasteiger partial charge is 0.355 e. The summed E-state index contributed by atoms with van der Waals surface area (Å²) in [5.41, 5.74) is 0.841. The molecule has 28 heavy (non-hydrogen) atoms. The second-order valence-corrected chi connectivity index (χ2v) is 7.33. The Kier molecular flexibility index (Phi) is 5.45. The van der Waals surface area contributed by atoms with E-state index in [2.05, 4.69) is 25.2 Å². The minimum Gasteiger partial charge on any atom is -0.355 e. The average Bonchev–Trinajstić information content (AvgIpc) is 3.10. The second-order valence-electron chi connectivity index (χ2n) is 7.33. The maximum atomic E-state index is 12.7. The van der Waals surface area contributed by atoms with Gasteiger partial charge in [0.15, 0.2) is 0 Å². The smallest absolute Gasteiger partial charge is 0.225 e. The van der Waals surface area contributed by atoms with E-state index in [9.17, 15) is 9.59 Å². The number of hydrogen-bond acceptors (Lipinski definition) is 6. The van der Waals surface area contributed by atoms with Gasteiger partial charge in [0.25, 0.3) is 0 Å². The van der Waals surface area contributed by atoms with E-state index >= 15 is 0 Å². The molecule has 0 aromatic carbocycles. The summed E-state index contributed by atoms with van der Waals surface area (Å²) in [5, 5.41) is 3.14. The predicted octanol–water partition coefficient (Wildman–Crippen LogP) is 1.01. The number of pyridine rings is 1. The lowest BCUT2D eigenvalue weighted by molar-refractivity contribution is -0.129. The van der Waals surface area contributed by atoms with Crippen LogP contribution in [0.3, 0.4) is 0 Å². The second kappa shape index (κ2) is 8.33. The highest BCUT2D eigenvalue weighted by atomic mass is 16.2. The molecule has 0 bridgehead atoms. The third-order valence-electron chi connectivity index (χ3n) is 5.38. The van der Waals surface area contributed by atoms with Crippen LogP contribution < -0.4 is 10.2 Å². The topological polar surface area (TPSA) is 91.3 Å². The van der Waals surface area contributed by atoms with Crippen LogP contribution in [0, 0.1) is 5.92 Å². The van der Waals surface area contributed by atoms with Crippen molar-refractivity contribution >= 4 is 17.6 Å². The normalized spacial score (nSPS) is 20.4. The average molecular weight is 380 g/mol. The van der Waals surface area contributed by atoms with Gasteiger partial charge in [-0.1, -0.05) is 6.07 Å². The number of carbonyl (C=O) groups excluding carboxylic acids is 2. The molecule has 2 amide bonds. The molecule has 4 rings (SSSR count). The van der Waals surface area contributed by atoms with Gasteiger partial charge in [0.2, 0.25) is 11.8 Å². The zero-order valence-electron chi connectivity index (χ0n) is 15.7. The highest BCUT2D eigenvalue weighted by Gasteiger charge is 2.35. The summed E-state index contributed by atoms with van der Waals surface area (Å²) in [6.45, 7) is 2.58. The fourth-order valence-electron chi connectivity index (χ4n) is 3.81. The van der Waals surface area contributed by atoms with Gasteiger partial charge >= 0.3 is 0 Å². The fraction of sp³-hybridized carbons (Fsp3) is 0.450. The third-order valence-corrected chi connectivity index (χ3v) is 5.38. The first-order valence-corrected chi connectivity index (χ1v) is 9.68.